The monoisotopic (exact) mass is 335 g/mol. The zero-order valence-corrected chi connectivity index (χ0v) is 12.8. The molecule has 0 bridgehead atoms. The predicted octanol–water partition coefficient (Wildman–Crippen LogP) is 3.01. The van der Waals surface area contributed by atoms with E-state index >= 15 is 0 Å². The van der Waals surface area contributed by atoms with E-state index < -0.39 is 5.97 Å². The van der Waals surface area contributed by atoms with Gasteiger partial charge in [-0.3, -0.25) is 4.79 Å². The third-order valence-corrected chi connectivity index (χ3v) is 3.55. The van der Waals surface area contributed by atoms with E-state index in [2.05, 4.69) is 20.7 Å². The molecule has 2 rings (SSSR count). The Balaban J connectivity index is 2.55. The minimum atomic E-state index is -0.634. The van der Waals surface area contributed by atoms with Crippen LogP contribution in [0, 0.1) is 0 Å². The Hall–Kier alpha value is -1.88. The molecule has 0 aliphatic carbocycles. The highest BCUT2D eigenvalue weighted by atomic mass is 79.9. The van der Waals surface area contributed by atoms with Gasteiger partial charge >= 0.3 is 5.97 Å². The van der Waals surface area contributed by atoms with Crippen LogP contribution in [0.25, 0.3) is 0 Å². The summed E-state index contributed by atoms with van der Waals surface area (Å²) in [5.41, 5.74) is 0.643. The highest BCUT2D eigenvalue weighted by Gasteiger charge is 2.17. The van der Waals surface area contributed by atoms with Crippen molar-refractivity contribution in [1.29, 1.82) is 0 Å². The molecule has 20 heavy (non-hydrogen) atoms. The summed E-state index contributed by atoms with van der Waals surface area (Å²) in [4.78, 5) is 24.0. The topological polar surface area (TPSA) is 48.3 Å². The van der Waals surface area contributed by atoms with Crippen molar-refractivity contribution < 1.29 is 9.53 Å². The van der Waals surface area contributed by atoms with E-state index in [1.165, 1.54) is 17.7 Å². The van der Waals surface area contributed by atoms with Gasteiger partial charge in [-0.2, -0.15) is 0 Å². The zero-order chi connectivity index (χ0) is 14.7. The highest BCUT2D eigenvalue weighted by molar-refractivity contribution is 9.10. The van der Waals surface area contributed by atoms with E-state index in [-0.39, 0.29) is 17.2 Å². The Bertz CT molecular complexity index is 679. The smallest absolute Gasteiger partial charge is 0.343 e. The Kier molecular flexibility index (Phi) is 4.39. The first-order chi connectivity index (χ1) is 9.54. The van der Waals surface area contributed by atoms with E-state index in [4.69, 9.17) is 0 Å². The summed E-state index contributed by atoms with van der Waals surface area (Å²) < 4.78 is 6.81. The number of rotatable bonds is 3. The van der Waals surface area contributed by atoms with Gasteiger partial charge in [-0.15, -0.1) is 0 Å². The Morgan fingerprint density at radius 1 is 1.30 bits per heavy atom. The van der Waals surface area contributed by atoms with E-state index in [9.17, 15) is 9.59 Å². The second kappa shape index (κ2) is 6.05. The van der Waals surface area contributed by atoms with Crippen LogP contribution in [-0.2, 0) is 4.74 Å². The molecular weight excluding hydrogens is 322 g/mol. The summed E-state index contributed by atoms with van der Waals surface area (Å²) in [5.74, 6) is -0.634. The first kappa shape index (κ1) is 14.5. The lowest BCUT2D eigenvalue weighted by Gasteiger charge is -2.17. The molecular formula is C15H14BrNO3. The maximum Gasteiger partial charge on any atom is 0.343 e. The second-order valence-electron chi connectivity index (χ2n) is 4.36. The largest absolute Gasteiger partial charge is 0.465 e. The summed E-state index contributed by atoms with van der Waals surface area (Å²) in [6, 6.07) is 10.9. The van der Waals surface area contributed by atoms with E-state index in [1.807, 2.05) is 37.3 Å². The van der Waals surface area contributed by atoms with E-state index in [0.29, 0.717) is 4.47 Å². The maximum atomic E-state index is 12.4. The number of halogens is 1. The van der Waals surface area contributed by atoms with Crippen LogP contribution in [0.1, 0.15) is 28.9 Å². The van der Waals surface area contributed by atoms with Crippen molar-refractivity contribution >= 4 is 21.9 Å². The molecule has 0 saturated heterocycles. The van der Waals surface area contributed by atoms with Crippen molar-refractivity contribution in [2.75, 3.05) is 7.11 Å². The van der Waals surface area contributed by atoms with Gasteiger partial charge in [-0.25, -0.2) is 4.79 Å². The highest BCUT2D eigenvalue weighted by Crippen LogP contribution is 2.18. The molecule has 0 radical (unpaired) electrons. The Morgan fingerprint density at radius 3 is 2.55 bits per heavy atom. The van der Waals surface area contributed by atoms with Crippen LogP contribution in [0.15, 0.2) is 51.9 Å². The molecule has 0 unspecified atom stereocenters. The molecule has 1 aromatic heterocycles. The van der Waals surface area contributed by atoms with Crippen molar-refractivity contribution in [3.05, 3.63) is 68.5 Å². The molecule has 0 amide bonds. The average molecular weight is 336 g/mol. The van der Waals surface area contributed by atoms with Crippen molar-refractivity contribution in [3.8, 4) is 0 Å². The molecule has 104 valence electrons. The van der Waals surface area contributed by atoms with Crippen molar-refractivity contribution in [3.63, 3.8) is 0 Å². The molecule has 1 aromatic carbocycles. The van der Waals surface area contributed by atoms with Gasteiger partial charge in [0.1, 0.15) is 5.56 Å². The molecule has 2 aromatic rings. The number of ether oxygens (including phenoxy) is 1. The van der Waals surface area contributed by atoms with Gasteiger partial charge in [0.2, 0.25) is 0 Å². The van der Waals surface area contributed by atoms with Gasteiger partial charge in [-0.05, 0) is 34.5 Å². The van der Waals surface area contributed by atoms with E-state index in [0.717, 1.165) is 5.56 Å². The molecule has 0 N–H and O–H groups in total. The standard InChI is InChI=1S/C15H14BrNO3/c1-10(11-6-4-3-5-7-11)17-9-12(16)8-13(14(17)18)15(19)20-2/h3-10H,1-2H3/t10-/m1/s1. The summed E-state index contributed by atoms with van der Waals surface area (Å²) in [6.45, 7) is 1.91. The average Bonchev–Trinajstić information content (AvgIpc) is 2.48. The van der Waals surface area contributed by atoms with Crippen LogP contribution in [0.2, 0.25) is 0 Å². The first-order valence-electron chi connectivity index (χ1n) is 6.09. The number of carbonyl (C=O) groups is 1. The molecule has 1 atom stereocenters. The SMILES string of the molecule is COC(=O)c1cc(Br)cn([C@H](C)c2ccccc2)c1=O. The zero-order valence-electron chi connectivity index (χ0n) is 11.2. The molecule has 0 aliphatic rings. The Labute approximate surface area is 125 Å². The molecule has 0 spiro atoms. The van der Waals surface area contributed by atoms with Gasteiger partial charge in [0.15, 0.2) is 0 Å². The molecule has 4 nitrogen and oxygen atoms in total. The number of esters is 1. The lowest BCUT2D eigenvalue weighted by molar-refractivity contribution is 0.0597. The maximum absolute atomic E-state index is 12.4. The van der Waals surface area contributed by atoms with Gasteiger partial charge in [0.25, 0.3) is 5.56 Å². The third-order valence-electron chi connectivity index (χ3n) is 3.11. The fourth-order valence-corrected chi connectivity index (χ4v) is 2.45. The van der Waals surface area contributed by atoms with Crippen LogP contribution >= 0.6 is 15.9 Å². The van der Waals surface area contributed by atoms with Crippen LogP contribution < -0.4 is 5.56 Å². The number of benzene rings is 1. The molecule has 0 saturated carbocycles. The fraction of sp³-hybridized carbons (Fsp3) is 0.200. The van der Waals surface area contributed by atoms with Crippen LogP contribution in [0.3, 0.4) is 0 Å². The lowest BCUT2D eigenvalue weighted by Crippen LogP contribution is -2.29. The number of aromatic nitrogens is 1. The lowest BCUT2D eigenvalue weighted by atomic mass is 10.1. The Morgan fingerprint density at radius 2 is 1.95 bits per heavy atom. The molecule has 0 fully saturated rings. The van der Waals surface area contributed by atoms with Crippen molar-refractivity contribution in [2.45, 2.75) is 13.0 Å². The quantitative estimate of drug-likeness (QED) is 0.810. The van der Waals surface area contributed by atoms with Crippen LogP contribution in [-0.4, -0.2) is 17.6 Å². The minimum absolute atomic E-state index is 0.0182. The molecule has 1 heterocycles. The normalized spacial score (nSPS) is 11.9. The van der Waals surface area contributed by atoms with Gasteiger partial charge in [0.05, 0.1) is 13.2 Å². The van der Waals surface area contributed by atoms with Crippen LogP contribution in [0.5, 0.6) is 0 Å². The third kappa shape index (κ3) is 2.82. The second-order valence-corrected chi connectivity index (χ2v) is 5.28. The summed E-state index contributed by atoms with van der Waals surface area (Å²) in [5, 5.41) is 0. The fourth-order valence-electron chi connectivity index (χ4n) is 2.00. The number of hydrogen-bond acceptors (Lipinski definition) is 3. The number of nitrogens with zero attached hydrogens (tertiary/aromatic N) is 1. The summed E-state index contributed by atoms with van der Waals surface area (Å²) >= 11 is 3.32. The molecule has 0 aliphatic heterocycles. The van der Waals surface area contributed by atoms with Gasteiger partial charge in [0, 0.05) is 10.7 Å². The summed E-state index contributed by atoms with van der Waals surface area (Å²) in [7, 11) is 1.26. The number of methoxy groups -OCH3 is 1. The van der Waals surface area contributed by atoms with Crippen molar-refractivity contribution in [1.82, 2.24) is 4.57 Å². The van der Waals surface area contributed by atoms with E-state index in [1.54, 1.807) is 6.20 Å². The number of hydrogen-bond donors (Lipinski definition) is 0. The summed E-state index contributed by atoms with van der Waals surface area (Å²) in [6.07, 6.45) is 1.67. The number of pyridine rings is 1. The predicted molar refractivity (Wildman–Crippen MR) is 80.0 cm³/mol. The van der Waals surface area contributed by atoms with Gasteiger partial charge in [-0.1, -0.05) is 30.3 Å². The minimum Gasteiger partial charge on any atom is -0.465 e. The van der Waals surface area contributed by atoms with Gasteiger partial charge < -0.3 is 9.30 Å². The number of carbonyl (C=O) groups excluding carboxylic acids is 1. The first-order valence-corrected chi connectivity index (χ1v) is 6.89. The van der Waals surface area contributed by atoms with Crippen molar-refractivity contribution in [2.24, 2.45) is 0 Å². The van der Waals surface area contributed by atoms with Crippen LogP contribution in [0.4, 0.5) is 0 Å². The molecule has 5 heteroatoms.